The number of likely N-dealkylation sites (tertiary alicyclic amines) is 1. The molecule has 0 saturated carbocycles. The molecule has 2 aliphatic rings. The molecule has 2 aliphatic heterocycles. The van der Waals surface area contributed by atoms with Gasteiger partial charge in [-0.3, -0.25) is 4.79 Å². The average molecular weight is 353 g/mol. The second-order valence-corrected chi connectivity index (χ2v) is 8.35. The molecule has 1 aromatic rings. The Hall–Kier alpha value is -1.67. The van der Waals surface area contributed by atoms with Gasteiger partial charge in [0.05, 0.1) is 10.6 Å². The first-order chi connectivity index (χ1) is 10.9. The zero-order valence-electron chi connectivity index (χ0n) is 13.1. The minimum absolute atomic E-state index is 0.123. The van der Waals surface area contributed by atoms with Crippen molar-refractivity contribution < 1.29 is 13.2 Å². The summed E-state index contributed by atoms with van der Waals surface area (Å²) in [4.78, 5) is 15.4. The average Bonchev–Trinajstić information content (AvgIpc) is 3.04. The summed E-state index contributed by atoms with van der Waals surface area (Å²) in [5.74, 6) is -0.243. The molecule has 3 rings (SSSR count). The molecular weight excluding hydrogens is 334 g/mol. The van der Waals surface area contributed by atoms with Gasteiger partial charge in [-0.25, -0.2) is 4.31 Å². The normalized spacial score (nSPS) is 24.2. The highest BCUT2D eigenvalue weighted by atomic mass is 32.2. The van der Waals surface area contributed by atoms with Crippen molar-refractivity contribution in [2.45, 2.75) is 32.2 Å². The van der Waals surface area contributed by atoms with Crippen LogP contribution >= 0.6 is 11.3 Å². The van der Waals surface area contributed by atoms with E-state index in [2.05, 4.69) is 4.40 Å². The van der Waals surface area contributed by atoms with Gasteiger partial charge in [0.15, 0.2) is 0 Å². The predicted molar refractivity (Wildman–Crippen MR) is 90.6 cm³/mol. The predicted octanol–water partition coefficient (Wildman–Crippen LogP) is 2.01. The Morgan fingerprint density at radius 2 is 2.17 bits per heavy atom. The second-order valence-electron chi connectivity index (χ2n) is 5.77. The van der Waals surface area contributed by atoms with Gasteiger partial charge in [0.2, 0.25) is 0 Å². The van der Waals surface area contributed by atoms with E-state index in [0.717, 1.165) is 28.4 Å². The van der Waals surface area contributed by atoms with Gasteiger partial charge in [-0.1, -0.05) is 6.07 Å². The first-order valence-electron chi connectivity index (χ1n) is 7.55. The van der Waals surface area contributed by atoms with Crippen molar-refractivity contribution in [1.82, 2.24) is 9.21 Å². The Labute approximate surface area is 140 Å². The van der Waals surface area contributed by atoms with E-state index in [1.165, 1.54) is 18.4 Å². The molecule has 8 heteroatoms. The van der Waals surface area contributed by atoms with Crippen molar-refractivity contribution in [2.75, 3.05) is 13.6 Å². The van der Waals surface area contributed by atoms with E-state index in [1.807, 2.05) is 18.4 Å². The quantitative estimate of drug-likeness (QED) is 0.817. The largest absolute Gasteiger partial charge is 0.345 e. The van der Waals surface area contributed by atoms with Gasteiger partial charge in [0.25, 0.3) is 5.91 Å². The number of rotatable bonds is 2. The number of allylic oxidation sites excluding steroid dienone is 1. The summed E-state index contributed by atoms with van der Waals surface area (Å²) in [5.41, 5.74) is 0.489. The number of carbonyl (C=O) groups is 1. The fraction of sp³-hybridized carbons (Fsp3) is 0.467. The molecular formula is C15H19N3O3S2. The van der Waals surface area contributed by atoms with Crippen LogP contribution in [0.15, 0.2) is 33.7 Å². The third kappa shape index (κ3) is 3.05. The lowest BCUT2D eigenvalue weighted by Gasteiger charge is -2.36. The molecule has 3 heterocycles. The summed E-state index contributed by atoms with van der Waals surface area (Å²) in [6, 6.07) is 3.75. The number of piperidine rings is 1. The molecule has 6 nitrogen and oxygen atoms in total. The molecule has 23 heavy (non-hydrogen) atoms. The summed E-state index contributed by atoms with van der Waals surface area (Å²) in [6.07, 6.45) is 4.57. The highest BCUT2D eigenvalue weighted by Crippen LogP contribution is 2.25. The number of thiophene rings is 1. The fourth-order valence-electron chi connectivity index (χ4n) is 2.84. The SMILES string of the molecule is C[C@H]1CCCCN1C(=O)C1=CC(c2cccs2)=NS(=O)(=O)N1C. The number of hydrogen-bond acceptors (Lipinski definition) is 4. The fourth-order valence-corrected chi connectivity index (χ4v) is 4.49. The highest BCUT2D eigenvalue weighted by Gasteiger charge is 2.34. The van der Waals surface area contributed by atoms with Gasteiger partial charge in [-0.2, -0.15) is 8.42 Å². The third-order valence-electron chi connectivity index (χ3n) is 4.23. The smallest absolute Gasteiger partial charge is 0.335 e. The summed E-state index contributed by atoms with van der Waals surface area (Å²) in [5, 5.41) is 1.85. The van der Waals surface area contributed by atoms with E-state index in [1.54, 1.807) is 17.0 Å². The van der Waals surface area contributed by atoms with Crippen LogP contribution in [0, 0.1) is 0 Å². The van der Waals surface area contributed by atoms with Gasteiger partial charge in [-0.05, 0) is 43.7 Å². The van der Waals surface area contributed by atoms with E-state index < -0.39 is 10.2 Å². The van der Waals surface area contributed by atoms with Crippen LogP contribution in [0.25, 0.3) is 0 Å². The zero-order chi connectivity index (χ0) is 16.6. The third-order valence-corrected chi connectivity index (χ3v) is 6.44. The minimum atomic E-state index is -3.87. The van der Waals surface area contributed by atoms with Crippen LogP contribution in [-0.4, -0.2) is 48.9 Å². The molecule has 1 amide bonds. The van der Waals surface area contributed by atoms with Gasteiger partial charge in [0.1, 0.15) is 5.70 Å². The van der Waals surface area contributed by atoms with E-state index in [0.29, 0.717) is 12.3 Å². The van der Waals surface area contributed by atoms with E-state index >= 15 is 0 Å². The van der Waals surface area contributed by atoms with Crippen molar-refractivity contribution in [3.8, 4) is 0 Å². The van der Waals surface area contributed by atoms with Gasteiger partial charge < -0.3 is 4.90 Å². The second kappa shape index (κ2) is 6.09. The minimum Gasteiger partial charge on any atom is -0.335 e. The Morgan fingerprint density at radius 3 is 2.83 bits per heavy atom. The summed E-state index contributed by atoms with van der Waals surface area (Å²) in [7, 11) is -2.50. The van der Waals surface area contributed by atoms with Crippen molar-refractivity contribution in [2.24, 2.45) is 4.40 Å². The van der Waals surface area contributed by atoms with Gasteiger partial charge >= 0.3 is 10.2 Å². The lowest BCUT2D eigenvalue weighted by Crippen LogP contribution is -2.46. The summed E-state index contributed by atoms with van der Waals surface area (Å²) < 4.78 is 29.4. The zero-order valence-corrected chi connectivity index (χ0v) is 14.7. The molecule has 0 unspecified atom stereocenters. The number of nitrogens with zero attached hydrogens (tertiary/aromatic N) is 3. The molecule has 1 saturated heterocycles. The van der Waals surface area contributed by atoms with Crippen molar-refractivity contribution in [3.63, 3.8) is 0 Å². The van der Waals surface area contributed by atoms with Gasteiger partial charge in [-0.15, -0.1) is 15.7 Å². The van der Waals surface area contributed by atoms with E-state index in [4.69, 9.17) is 0 Å². The number of hydrogen-bond donors (Lipinski definition) is 0. The number of likely N-dealkylation sites (N-methyl/N-ethyl adjacent to an activating group) is 1. The molecule has 0 spiro atoms. The van der Waals surface area contributed by atoms with E-state index in [-0.39, 0.29) is 17.6 Å². The maximum atomic E-state index is 12.9. The Bertz CT molecular complexity index is 766. The molecule has 0 radical (unpaired) electrons. The van der Waals surface area contributed by atoms with Crippen LogP contribution in [0.5, 0.6) is 0 Å². The Kier molecular flexibility index (Phi) is 4.29. The number of amides is 1. The van der Waals surface area contributed by atoms with Crippen molar-refractivity contribution >= 4 is 33.2 Å². The molecule has 1 aromatic heterocycles. The molecule has 0 aromatic carbocycles. The van der Waals surface area contributed by atoms with Crippen LogP contribution in [0.2, 0.25) is 0 Å². The Morgan fingerprint density at radius 1 is 1.39 bits per heavy atom. The monoisotopic (exact) mass is 353 g/mol. The first kappa shape index (κ1) is 16.2. The van der Waals surface area contributed by atoms with Crippen molar-refractivity contribution in [3.05, 3.63) is 34.2 Å². The maximum absolute atomic E-state index is 12.9. The molecule has 0 aliphatic carbocycles. The summed E-state index contributed by atoms with van der Waals surface area (Å²) >= 11 is 1.40. The van der Waals surface area contributed by atoms with Crippen LogP contribution in [0.4, 0.5) is 0 Å². The molecule has 0 bridgehead atoms. The molecule has 1 atom stereocenters. The molecule has 0 N–H and O–H groups in total. The first-order valence-corrected chi connectivity index (χ1v) is 9.83. The van der Waals surface area contributed by atoms with Crippen molar-refractivity contribution in [1.29, 1.82) is 0 Å². The van der Waals surface area contributed by atoms with Crippen LogP contribution in [0.1, 0.15) is 31.1 Å². The topological polar surface area (TPSA) is 70.0 Å². The Balaban J connectivity index is 1.99. The lowest BCUT2D eigenvalue weighted by molar-refractivity contribution is -0.131. The lowest BCUT2D eigenvalue weighted by atomic mass is 10.0. The van der Waals surface area contributed by atoms with Gasteiger partial charge in [0, 0.05) is 19.6 Å². The van der Waals surface area contributed by atoms with Crippen LogP contribution < -0.4 is 0 Å². The number of carbonyl (C=O) groups excluding carboxylic acids is 1. The maximum Gasteiger partial charge on any atom is 0.345 e. The van der Waals surface area contributed by atoms with E-state index in [9.17, 15) is 13.2 Å². The molecule has 1 fully saturated rings. The highest BCUT2D eigenvalue weighted by molar-refractivity contribution is 7.88. The standard InChI is InChI=1S/C15H19N3O3S2/c1-11-6-3-4-8-18(11)15(19)13-10-12(14-7-5-9-22-14)16-23(20,21)17(13)2/h5,7,9-11H,3-4,6,8H2,1-2H3/t11-/m0/s1. The molecule has 124 valence electrons. The summed E-state index contributed by atoms with van der Waals surface area (Å²) in [6.45, 7) is 2.67. The van der Waals surface area contributed by atoms with Crippen LogP contribution in [-0.2, 0) is 15.0 Å². The van der Waals surface area contributed by atoms with Crippen LogP contribution in [0.3, 0.4) is 0 Å².